The summed E-state index contributed by atoms with van der Waals surface area (Å²) in [5.74, 6) is 7.70. The molecule has 1 amide bonds. The van der Waals surface area contributed by atoms with Gasteiger partial charge in [0.15, 0.2) is 0 Å². The molecule has 1 atom stereocenters. The highest BCUT2D eigenvalue weighted by molar-refractivity contribution is 5.78. The van der Waals surface area contributed by atoms with E-state index < -0.39 is 37.0 Å². The molecule has 0 radical (unpaired) electrons. The van der Waals surface area contributed by atoms with Crippen LogP contribution in [0.15, 0.2) is 0 Å². The van der Waals surface area contributed by atoms with Crippen molar-refractivity contribution in [1.29, 1.82) is 0 Å². The Hall–Kier alpha value is -3.04. The van der Waals surface area contributed by atoms with Gasteiger partial charge in [-0.15, -0.1) is 0 Å². The number of amides is 1. The average molecular weight is 479 g/mol. The summed E-state index contributed by atoms with van der Waals surface area (Å²) >= 11 is 0. The van der Waals surface area contributed by atoms with E-state index in [0.29, 0.717) is 25.8 Å². The fourth-order valence-corrected chi connectivity index (χ4v) is 3.31. The maximum atomic E-state index is 11.9. The molecule has 0 aromatic heterocycles. The molecule has 0 saturated carbocycles. The maximum absolute atomic E-state index is 11.9. The quantitative estimate of drug-likeness (QED) is 0.164. The Kier molecular flexibility index (Phi) is 18.7. The van der Waals surface area contributed by atoms with E-state index in [1.54, 1.807) is 0 Å². The van der Waals surface area contributed by atoms with Crippen LogP contribution in [-0.2, 0) is 19.2 Å². The summed E-state index contributed by atoms with van der Waals surface area (Å²) in [5, 5.41) is 30.0. The molecule has 0 aromatic carbocycles. The van der Waals surface area contributed by atoms with Gasteiger partial charge in [-0.25, -0.2) is 0 Å². The molecule has 0 bridgehead atoms. The Bertz CT molecular complexity index is 743. The van der Waals surface area contributed by atoms with Gasteiger partial charge in [0.2, 0.25) is 5.91 Å². The van der Waals surface area contributed by atoms with Crippen molar-refractivity contribution in [3.63, 3.8) is 0 Å². The van der Waals surface area contributed by atoms with E-state index >= 15 is 0 Å². The number of unbranched alkanes of at least 4 members (excludes halogenated alkanes) is 7. The number of carboxylic acids is 3. The summed E-state index contributed by atoms with van der Waals surface area (Å²) in [4.78, 5) is 46.1. The van der Waals surface area contributed by atoms with Crippen molar-refractivity contribution in [3.8, 4) is 23.7 Å². The van der Waals surface area contributed by atoms with Gasteiger partial charge in [-0.1, -0.05) is 44.4 Å². The number of hydrogen-bond acceptors (Lipinski definition) is 5. The minimum absolute atomic E-state index is 0.0448. The van der Waals surface area contributed by atoms with Crippen LogP contribution in [0.25, 0.3) is 0 Å². The Morgan fingerprint density at radius 1 is 0.794 bits per heavy atom. The zero-order chi connectivity index (χ0) is 25.6. The number of nitrogens with one attached hydrogen (secondary N) is 1. The largest absolute Gasteiger partial charge is 0.480 e. The molecule has 9 nitrogen and oxygen atoms in total. The summed E-state index contributed by atoms with van der Waals surface area (Å²) < 4.78 is 0. The maximum Gasteiger partial charge on any atom is 0.320 e. The van der Waals surface area contributed by atoms with Crippen LogP contribution in [0.2, 0.25) is 0 Å². The summed E-state index contributed by atoms with van der Waals surface area (Å²) in [7, 11) is 0. The summed E-state index contributed by atoms with van der Waals surface area (Å²) in [5.41, 5.74) is 0. The minimum Gasteiger partial charge on any atom is -0.480 e. The van der Waals surface area contributed by atoms with Crippen LogP contribution >= 0.6 is 0 Å². The fraction of sp³-hybridized carbons (Fsp3) is 0.680. The van der Waals surface area contributed by atoms with Crippen LogP contribution in [-0.4, -0.2) is 69.7 Å². The lowest BCUT2D eigenvalue weighted by Crippen LogP contribution is -2.46. The van der Waals surface area contributed by atoms with Crippen LogP contribution in [0.3, 0.4) is 0 Å². The first-order valence-corrected chi connectivity index (χ1v) is 11.9. The second-order valence-corrected chi connectivity index (χ2v) is 7.97. The van der Waals surface area contributed by atoms with Gasteiger partial charge in [0.25, 0.3) is 0 Å². The lowest BCUT2D eigenvalue weighted by atomic mass is 10.1. The number of carboxylic acid groups (broad SMARTS) is 3. The van der Waals surface area contributed by atoms with Gasteiger partial charge in [-0.3, -0.25) is 24.1 Å². The van der Waals surface area contributed by atoms with E-state index in [9.17, 15) is 24.3 Å². The van der Waals surface area contributed by atoms with E-state index in [-0.39, 0.29) is 12.3 Å². The lowest BCUT2D eigenvalue weighted by Gasteiger charge is -2.25. The van der Waals surface area contributed by atoms with Gasteiger partial charge in [0, 0.05) is 25.8 Å². The molecule has 0 spiro atoms. The average Bonchev–Trinajstić information content (AvgIpc) is 2.75. The number of carbonyl (C=O) groups is 4. The molecular weight excluding hydrogens is 440 g/mol. The van der Waals surface area contributed by atoms with E-state index in [2.05, 4.69) is 29.0 Å². The zero-order valence-corrected chi connectivity index (χ0v) is 20.1. The summed E-state index contributed by atoms with van der Waals surface area (Å²) in [6.45, 7) is 1.06. The topological polar surface area (TPSA) is 144 Å². The second-order valence-electron chi connectivity index (χ2n) is 7.97. The predicted molar refractivity (Wildman–Crippen MR) is 128 cm³/mol. The van der Waals surface area contributed by atoms with Crippen molar-refractivity contribution in [2.24, 2.45) is 0 Å². The fourth-order valence-electron chi connectivity index (χ4n) is 3.31. The predicted octanol–water partition coefficient (Wildman–Crippen LogP) is 2.73. The first-order valence-electron chi connectivity index (χ1n) is 11.9. The SMILES string of the molecule is CCC#CC#CCCCCCCCCC(=O)NCCCCC(C(=O)O)N(CC(=O)O)CC(=O)O. The highest BCUT2D eigenvalue weighted by atomic mass is 16.4. The Labute approximate surface area is 202 Å². The number of aliphatic carboxylic acids is 3. The van der Waals surface area contributed by atoms with Gasteiger partial charge < -0.3 is 20.6 Å². The third-order valence-electron chi connectivity index (χ3n) is 5.00. The smallest absolute Gasteiger partial charge is 0.320 e. The van der Waals surface area contributed by atoms with Crippen molar-refractivity contribution in [2.75, 3.05) is 19.6 Å². The molecule has 190 valence electrons. The van der Waals surface area contributed by atoms with Crippen molar-refractivity contribution in [2.45, 2.75) is 90.0 Å². The molecule has 0 saturated heterocycles. The van der Waals surface area contributed by atoms with E-state index in [4.69, 9.17) is 10.2 Å². The van der Waals surface area contributed by atoms with Crippen molar-refractivity contribution in [3.05, 3.63) is 0 Å². The first-order chi connectivity index (χ1) is 16.3. The number of rotatable bonds is 19. The van der Waals surface area contributed by atoms with Crippen molar-refractivity contribution < 1.29 is 34.5 Å². The Balaban J connectivity index is 3.92. The number of hydrogen-bond donors (Lipinski definition) is 4. The normalized spacial score (nSPS) is 11.0. The minimum atomic E-state index is -1.29. The molecule has 0 rings (SSSR count). The first kappa shape index (κ1) is 31.0. The molecule has 0 heterocycles. The van der Waals surface area contributed by atoms with Gasteiger partial charge in [-0.2, -0.15) is 0 Å². The highest BCUT2D eigenvalue weighted by Gasteiger charge is 2.28. The molecule has 0 aliphatic carbocycles. The molecule has 0 aliphatic rings. The molecule has 9 heteroatoms. The Morgan fingerprint density at radius 3 is 1.97 bits per heavy atom. The molecule has 4 N–H and O–H groups in total. The molecule has 1 unspecified atom stereocenters. The van der Waals surface area contributed by atoms with Gasteiger partial charge in [-0.05, 0) is 43.9 Å². The van der Waals surface area contributed by atoms with E-state index in [1.165, 1.54) is 0 Å². The van der Waals surface area contributed by atoms with Crippen LogP contribution in [0.5, 0.6) is 0 Å². The standard InChI is InChI=1S/C25H38N2O7/c1-2-3-4-5-6-7-8-9-10-11-12-13-17-22(28)26-18-15-14-16-21(25(33)34)27(19-23(29)30)20-24(31)32/h21H,2,7-20H2,1H3,(H,26,28)(H,29,30)(H,31,32)(H,33,34). The van der Waals surface area contributed by atoms with Gasteiger partial charge in [0.1, 0.15) is 6.04 Å². The zero-order valence-electron chi connectivity index (χ0n) is 20.1. The molecular formula is C25H38N2O7. The van der Waals surface area contributed by atoms with E-state index in [1.807, 2.05) is 6.92 Å². The van der Waals surface area contributed by atoms with Gasteiger partial charge in [0.05, 0.1) is 13.1 Å². The van der Waals surface area contributed by atoms with Crippen molar-refractivity contribution >= 4 is 23.8 Å². The third kappa shape index (κ3) is 18.5. The molecule has 0 fully saturated rings. The van der Waals surface area contributed by atoms with Crippen LogP contribution in [0, 0.1) is 23.7 Å². The number of carbonyl (C=O) groups excluding carboxylic acids is 1. The molecule has 34 heavy (non-hydrogen) atoms. The monoisotopic (exact) mass is 478 g/mol. The van der Waals surface area contributed by atoms with Crippen molar-refractivity contribution in [1.82, 2.24) is 10.2 Å². The van der Waals surface area contributed by atoms with Crippen LogP contribution in [0.1, 0.15) is 84.0 Å². The lowest BCUT2D eigenvalue weighted by molar-refractivity contribution is -0.149. The third-order valence-corrected chi connectivity index (χ3v) is 5.00. The highest BCUT2D eigenvalue weighted by Crippen LogP contribution is 2.10. The summed E-state index contributed by atoms with van der Waals surface area (Å²) in [6.07, 6.45) is 9.38. The van der Waals surface area contributed by atoms with Crippen LogP contribution in [0.4, 0.5) is 0 Å². The second kappa shape index (κ2) is 20.6. The molecule has 0 aliphatic heterocycles. The Morgan fingerprint density at radius 2 is 1.38 bits per heavy atom. The number of nitrogens with zero attached hydrogens (tertiary/aromatic N) is 1. The van der Waals surface area contributed by atoms with E-state index in [0.717, 1.165) is 56.3 Å². The van der Waals surface area contributed by atoms with Crippen LogP contribution < -0.4 is 5.32 Å². The van der Waals surface area contributed by atoms with Gasteiger partial charge >= 0.3 is 17.9 Å². The molecule has 0 aromatic rings. The summed E-state index contributed by atoms with van der Waals surface area (Å²) in [6, 6.07) is -1.20.